The summed E-state index contributed by atoms with van der Waals surface area (Å²) >= 11 is 0. The Morgan fingerprint density at radius 2 is 1.92 bits per heavy atom. The SMILES string of the molecule is CN/C(N=NN)=C(\C=N)N=NN. The number of nitrogens with two attached hydrogens (primary N) is 2. The van der Waals surface area contributed by atoms with E-state index in [4.69, 9.17) is 17.1 Å². The fourth-order valence-electron chi connectivity index (χ4n) is 0.494. The lowest BCUT2D eigenvalue weighted by atomic mass is 10.5. The van der Waals surface area contributed by atoms with Gasteiger partial charge in [-0.2, -0.15) is 0 Å². The van der Waals surface area contributed by atoms with Gasteiger partial charge >= 0.3 is 0 Å². The molecule has 0 heterocycles. The second-order valence-electron chi connectivity index (χ2n) is 1.56. The van der Waals surface area contributed by atoms with Crippen LogP contribution in [0.3, 0.4) is 0 Å². The minimum Gasteiger partial charge on any atom is -0.370 e. The van der Waals surface area contributed by atoms with Crippen molar-refractivity contribution in [3.05, 3.63) is 11.5 Å². The second kappa shape index (κ2) is 5.77. The van der Waals surface area contributed by atoms with E-state index in [0.717, 1.165) is 6.21 Å². The number of nitrogens with zero attached hydrogens (tertiary/aromatic N) is 4. The van der Waals surface area contributed by atoms with Crippen LogP contribution in [0.1, 0.15) is 0 Å². The van der Waals surface area contributed by atoms with E-state index in [-0.39, 0.29) is 11.5 Å². The van der Waals surface area contributed by atoms with Crippen LogP contribution in [0.2, 0.25) is 0 Å². The summed E-state index contributed by atoms with van der Waals surface area (Å²) in [5.74, 6) is 9.81. The fourth-order valence-corrected chi connectivity index (χ4v) is 0.494. The summed E-state index contributed by atoms with van der Waals surface area (Å²) in [4.78, 5) is 0. The van der Waals surface area contributed by atoms with E-state index >= 15 is 0 Å². The van der Waals surface area contributed by atoms with E-state index in [1.54, 1.807) is 7.05 Å². The van der Waals surface area contributed by atoms with Gasteiger partial charge in [0.1, 0.15) is 5.70 Å². The Balaban J connectivity index is 4.85. The average molecular weight is 170 g/mol. The summed E-state index contributed by atoms with van der Waals surface area (Å²) in [6.45, 7) is 0. The Kier molecular flexibility index (Phi) is 4.81. The first-order valence-corrected chi connectivity index (χ1v) is 2.94. The highest BCUT2D eigenvalue weighted by atomic mass is 15.4. The molecule has 0 aliphatic rings. The molecule has 0 rings (SSSR count). The number of hydrogen-bond acceptors (Lipinski definition) is 6. The van der Waals surface area contributed by atoms with Gasteiger partial charge in [-0.1, -0.05) is 10.4 Å². The van der Waals surface area contributed by atoms with E-state index in [9.17, 15) is 0 Å². The lowest BCUT2D eigenvalue weighted by molar-refractivity contribution is 0.860. The predicted molar refractivity (Wildman–Crippen MR) is 43.0 cm³/mol. The van der Waals surface area contributed by atoms with Gasteiger partial charge in [0.25, 0.3) is 0 Å². The molecule has 0 aromatic carbocycles. The number of hydrogen-bond donors (Lipinski definition) is 4. The van der Waals surface area contributed by atoms with Gasteiger partial charge in [0.05, 0.1) is 0 Å². The first-order valence-electron chi connectivity index (χ1n) is 2.94. The quantitative estimate of drug-likeness (QED) is 0.199. The highest BCUT2D eigenvalue weighted by Gasteiger charge is 1.99. The van der Waals surface area contributed by atoms with Crippen molar-refractivity contribution in [2.45, 2.75) is 0 Å². The Morgan fingerprint density at radius 1 is 1.33 bits per heavy atom. The van der Waals surface area contributed by atoms with Crippen molar-refractivity contribution >= 4 is 6.21 Å². The molecule has 0 aromatic heterocycles. The summed E-state index contributed by atoms with van der Waals surface area (Å²) in [7, 11) is 1.58. The zero-order valence-corrected chi connectivity index (χ0v) is 6.52. The van der Waals surface area contributed by atoms with Crippen molar-refractivity contribution in [3.8, 4) is 0 Å². The summed E-state index contributed by atoms with van der Waals surface area (Å²) in [5, 5.41) is 22.4. The van der Waals surface area contributed by atoms with Crippen molar-refractivity contribution in [2.24, 2.45) is 32.4 Å². The van der Waals surface area contributed by atoms with E-state index in [1.807, 2.05) is 0 Å². The molecule has 0 atom stereocenters. The molecule has 0 saturated heterocycles. The zero-order chi connectivity index (χ0) is 9.40. The maximum absolute atomic E-state index is 6.90. The van der Waals surface area contributed by atoms with Crippen molar-refractivity contribution in [1.29, 1.82) is 5.41 Å². The molecule has 0 saturated carbocycles. The molecule has 8 nitrogen and oxygen atoms in total. The van der Waals surface area contributed by atoms with Gasteiger partial charge < -0.3 is 22.4 Å². The summed E-state index contributed by atoms with van der Waals surface area (Å²) < 4.78 is 0. The predicted octanol–water partition coefficient (Wildman–Crippen LogP) is -0.324. The van der Waals surface area contributed by atoms with Crippen LogP contribution in [-0.2, 0) is 0 Å². The van der Waals surface area contributed by atoms with Gasteiger partial charge in [-0.05, 0) is 0 Å². The third kappa shape index (κ3) is 2.73. The Hall–Kier alpha value is -1.99. The molecule has 0 aliphatic heterocycles. The van der Waals surface area contributed by atoms with Crippen LogP contribution in [0.15, 0.2) is 32.2 Å². The molecule has 0 aromatic rings. The zero-order valence-electron chi connectivity index (χ0n) is 6.52. The molecule has 0 unspecified atom stereocenters. The van der Waals surface area contributed by atoms with E-state index in [0.29, 0.717) is 0 Å². The largest absolute Gasteiger partial charge is 0.370 e. The molecule has 6 N–H and O–H groups in total. The number of nitrogens with one attached hydrogen (secondary N) is 2. The normalized spacial score (nSPS) is 13.4. The molecule has 0 spiro atoms. The molecule has 0 radical (unpaired) electrons. The summed E-state index contributed by atoms with van der Waals surface area (Å²) in [6, 6.07) is 0. The molecule has 0 aliphatic carbocycles. The maximum Gasteiger partial charge on any atom is 0.179 e. The van der Waals surface area contributed by atoms with Gasteiger partial charge in [0.2, 0.25) is 0 Å². The van der Waals surface area contributed by atoms with Crippen LogP contribution in [-0.4, -0.2) is 13.3 Å². The van der Waals surface area contributed by atoms with Crippen LogP contribution in [0, 0.1) is 5.41 Å². The lowest BCUT2D eigenvalue weighted by Gasteiger charge is -1.98. The lowest BCUT2D eigenvalue weighted by Crippen LogP contribution is -2.07. The topological polar surface area (TPSA) is 137 Å². The first-order chi connectivity index (χ1) is 5.79. The molecular weight excluding hydrogens is 160 g/mol. The Morgan fingerprint density at radius 3 is 2.25 bits per heavy atom. The third-order valence-corrected chi connectivity index (χ3v) is 0.939. The molecular formula is C4H10N8. The van der Waals surface area contributed by atoms with Crippen LogP contribution >= 0.6 is 0 Å². The fraction of sp³-hybridized carbons (Fsp3) is 0.250. The molecule has 0 fully saturated rings. The van der Waals surface area contributed by atoms with E-state index in [1.165, 1.54) is 0 Å². The molecule has 66 valence electrons. The van der Waals surface area contributed by atoms with Crippen molar-refractivity contribution in [1.82, 2.24) is 5.32 Å². The second-order valence-corrected chi connectivity index (χ2v) is 1.56. The van der Waals surface area contributed by atoms with Crippen LogP contribution in [0.5, 0.6) is 0 Å². The highest BCUT2D eigenvalue weighted by Crippen LogP contribution is 2.01. The molecule has 0 amide bonds. The van der Waals surface area contributed by atoms with Gasteiger partial charge in [0, 0.05) is 13.3 Å². The molecule has 0 bridgehead atoms. The van der Waals surface area contributed by atoms with Crippen molar-refractivity contribution < 1.29 is 0 Å². The summed E-state index contributed by atoms with van der Waals surface area (Å²) in [5.41, 5.74) is 0.147. The van der Waals surface area contributed by atoms with E-state index < -0.39 is 0 Å². The highest BCUT2D eigenvalue weighted by molar-refractivity contribution is 5.75. The molecule has 8 heteroatoms. The smallest absolute Gasteiger partial charge is 0.179 e. The van der Waals surface area contributed by atoms with E-state index in [2.05, 4.69) is 26.0 Å². The van der Waals surface area contributed by atoms with Gasteiger partial charge in [-0.15, -0.1) is 10.2 Å². The summed E-state index contributed by atoms with van der Waals surface area (Å²) in [6.07, 6.45) is 0.927. The van der Waals surface area contributed by atoms with Gasteiger partial charge in [-0.25, -0.2) is 0 Å². The van der Waals surface area contributed by atoms with Gasteiger partial charge in [-0.3, -0.25) is 0 Å². The van der Waals surface area contributed by atoms with Gasteiger partial charge in [0.15, 0.2) is 5.82 Å². The van der Waals surface area contributed by atoms with Crippen LogP contribution in [0.25, 0.3) is 0 Å². The average Bonchev–Trinajstić information content (AvgIpc) is 2.11. The number of rotatable bonds is 4. The third-order valence-electron chi connectivity index (χ3n) is 0.939. The van der Waals surface area contributed by atoms with Crippen molar-refractivity contribution in [2.75, 3.05) is 7.05 Å². The minimum absolute atomic E-state index is 0.147. The monoisotopic (exact) mass is 170 g/mol. The van der Waals surface area contributed by atoms with Crippen LogP contribution < -0.4 is 17.0 Å². The Labute approximate surface area is 68.9 Å². The standard InChI is InChI=1S/C4H10N8/c1-8-4(10-12-7)3(2-5)9-11-6/h2,5,8H,1H3,(H2,6,9)(H2,7,10)/b4-3-,5-2?. The minimum atomic E-state index is 0.147. The number of allylic oxidation sites excluding steroid dienone is 1. The van der Waals surface area contributed by atoms with Crippen molar-refractivity contribution in [3.63, 3.8) is 0 Å². The first kappa shape index (κ1) is 10.0. The van der Waals surface area contributed by atoms with Crippen LogP contribution in [0.4, 0.5) is 0 Å². The Bertz CT molecular complexity index is 225. The molecule has 12 heavy (non-hydrogen) atoms. The maximum atomic E-state index is 6.90.